The Morgan fingerprint density at radius 1 is 1.20 bits per heavy atom. The predicted molar refractivity (Wildman–Crippen MR) is 60.4 cm³/mol. The molecule has 5 nitrogen and oxygen atoms in total. The van der Waals surface area contributed by atoms with Crippen LogP contribution in [0.5, 0.6) is 0 Å². The standard InChI is InChI=1S/C9H18N2O3S/c12-4-9(5-13,6-14)11-8(15)10-3-7-1-2-7/h7,12-14H,1-6H2,(H2,10,11,15). The summed E-state index contributed by atoms with van der Waals surface area (Å²) in [5.41, 5.74) is -1.13. The second kappa shape index (κ2) is 5.60. The first-order valence-corrected chi connectivity index (χ1v) is 5.45. The van der Waals surface area contributed by atoms with Crippen LogP contribution in [0.1, 0.15) is 12.8 Å². The molecule has 0 aromatic heterocycles. The molecule has 15 heavy (non-hydrogen) atoms. The molecule has 0 atom stereocenters. The van der Waals surface area contributed by atoms with Gasteiger partial charge in [0, 0.05) is 6.54 Å². The molecule has 6 heteroatoms. The van der Waals surface area contributed by atoms with Gasteiger partial charge in [0.1, 0.15) is 5.54 Å². The third-order valence-electron chi connectivity index (χ3n) is 2.53. The van der Waals surface area contributed by atoms with E-state index in [0.29, 0.717) is 11.0 Å². The van der Waals surface area contributed by atoms with Gasteiger partial charge in [0.15, 0.2) is 5.11 Å². The Kier molecular flexibility index (Phi) is 4.72. The minimum atomic E-state index is -1.13. The molecule has 1 rings (SSSR count). The van der Waals surface area contributed by atoms with E-state index in [-0.39, 0.29) is 19.8 Å². The van der Waals surface area contributed by atoms with Crippen molar-refractivity contribution in [1.29, 1.82) is 0 Å². The normalized spacial score (nSPS) is 16.2. The number of rotatable bonds is 6. The third kappa shape index (κ3) is 3.90. The average molecular weight is 234 g/mol. The molecule has 1 fully saturated rings. The Hall–Kier alpha value is -0.430. The van der Waals surface area contributed by atoms with Crippen molar-refractivity contribution in [2.75, 3.05) is 26.4 Å². The summed E-state index contributed by atoms with van der Waals surface area (Å²) in [5, 5.41) is 33.2. The maximum Gasteiger partial charge on any atom is 0.166 e. The molecule has 1 aliphatic rings. The second-order valence-electron chi connectivity index (χ2n) is 4.03. The Morgan fingerprint density at radius 2 is 1.73 bits per heavy atom. The van der Waals surface area contributed by atoms with Crippen LogP contribution in [0.4, 0.5) is 0 Å². The van der Waals surface area contributed by atoms with Crippen molar-refractivity contribution in [3.63, 3.8) is 0 Å². The zero-order valence-electron chi connectivity index (χ0n) is 8.57. The van der Waals surface area contributed by atoms with E-state index in [9.17, 15) is 0 Å². The van der Waals surface area contributed by atoms with E-state index in [1.165, 1.54) is 12.8 Å². The average Bonchev–Trinajstić information content (AvgIpc) is 3.07. The quantitative estimate of drug-likeness (QED) is 0.363. The monoisotopic (exact) mass is 234 g/mol. The van der Waals surface area contributed by atoms with E-state index >= 15 is 0 Å². The number of aliphatic hydroxyl groups excluding tert-OH is 3. The summed E-state index contributed by atoms with van der Waals surface area (Å²) in [5.74, 6) is 0.691. The molecule has 0 aromatic carbocycles. The lowest BCUT2D eigenvalue weighted by molar-refractivity contribution is 0.0557. The zero-order valence-corrected chi connectivity index (χ0v) is 9.39. The fourth-order valence-electron chi connectivity index (χ4n) is 1.11. The van der Waals surface area contributed by atoms with Gasteiger partial charge in [-0.05, 0) is 31.0 Å². The van der Waals surface area contributed by atoms with E-state index in [1.54, 1.807) is 0 Å². The largest absolute Gasteiger partial charge is 0.394 e. The number of nitrogens with one attached hydrogen (secondary N) is 2. The van der Waals surface area contributed by atoms with Gasteiger partial charge < -0.3 is 26.0 Å². The van der Waals surface area contributed by atoms with E-state index in [4.69, 9.17) is 27.5 Å². The van der Waals surface area contributed by atoms with Gasteiger partial charge >= 0.3 is 0 Å². The predicted octanol–water partition coefficient (Wildman–Crippen LogP) is -1.42. The fourth-order valence-corrected chi connectivity index (χ4v) is 1.41. The molecule has 1 saturated carbocycles. The van der Waals surface area contributed by atoms with Gasteiger partial charge in [0.05, 0.1) is 19.8 Å². The number of hydrogen-bond donors (Lipinski definition) is 5. The van der Waals surface area contributed by atoms with Crippen molar-refractivity contribution in [2.24, 2.45) is 5.92 Å². The van der Waals surface area contributed by atoms with Crippen molar-refractivity contribution in [3.05, 3.63) is 0 Å². The Bertz CT molecular complexity index is 209. The molecule has 0 spiro atoms. The van der Waals surface area contributed by atoms with Crippen molar-refractivity contribution in [2.45, 2.75) is 18.4 Å². The van der Waals surface area contributed by atoms with Gasteiger partial charge in [-0.2, -0.15) is 0 Å². The van der Waals surface area contributed by atoms with Gasteiger partial charge in [0.2, 0.25) is 0 Å². The van der Waals surface area contributed by atoms with Crippen LogP contribution in [-0.2, 0) is 0 Å². The van der Waals surface area contributed by atoms with Crippen molar-refractivity contribution in [3.8, 4) is 0 Å². The van der Waals surface area contributed by atoms with Gasteiger partial charge in [-0.25, -0.2) is 0 Å². The smallest absolute Gasteiger partial charge is 0.166 e. The lowest BCUT2D eigenvalue weighted by Gasteiger charge is -2.30. The molecule has 0 saturated heterocycles. The Morgan fingerprint density at radius 3 is 2.13 bits per heavy atom. The highest BCUT2D eigenvalue weighted by molar-refractivity contribution is 7.80. The first-order chi connectivity index (χ1) is 7.15. The molecule has 0 aromatic rings. The first kappa shape index (κ1) is 12.6. The minimum Gasteiger partial charge on any atom is -0.394 e. The molecule has 88 valence electrons. The molecular formula is C9H18N2O3S. The maximum atomic E-state index is 9.05. The van der Waals surface area contributed by atoms with Crippen LogP contribution in [0.3, 0.4) is 0 Å². The lowest BCUT2D eigenvalue weighted by Crippen LogP contribution is -2.59. The van der Waals surface area contributed by atoms with Gasteiger partial charge in [-0.1, -0.05) is 0 Å². The van der Waals surface area contributed by atoms with Crippen LogP contribution < -0.4 is 10.6 Å². The van der Waals surface area contributed by atoms with Crippen LogP contribution in [0.2, 0.25) is 0 Å². The molecule has 0 aliphatic heterocycles. The summed E-state index contributed by atoms with van der Waals surface area (Å²) in [6.45, 7) is -0.300. The van der Waals surface area contributed by atoms with Gasteiger partial charge in [-0.15, -0.1) is 0 Å². The fraction of sp³-hybridized carbons (Fsp3) is 0.889. The maximum absolute atomic E-state index is 9.05. The Balaban J connectivity index is 2.31. The van der Waals surface area contributed by atoms with E-state index in [1.807, 2.05) is 0 Å². The van der Waals surface area contributed by atoms with E-state index in [2.05, 4.69) is 10.6 Å². The van der Waals surface area contributed by atoms with Crippen molar-refractivity contribution < 1.29 is 15.3 Å². The summed E-state index contributed by atoms with van der Waals surface area (Å²) in [6, 6.07) is 0. The van der Waals surface area contributed by atoms with Crippen molar-refractivity contribution >= 4 is 17.3 Å². The molecule has 0 amide bonds. The van der Waals surface area contributed by atoms with Gasteiger partial charge in [0.25, 0.3) is 0 Å². The summed E-state index contributed by atoms with van der Waals surface area (Å²) in [6.07, 6.45) is 2.45. The lowest BCUT2D eigenvalue weighted by atomic mass is 10.0. The molecule has 1 aliphatic carbocycles. The van der Waals surface area contributed by atoms with Gasteiger partial charge in [-0.3, -0.25) is 0 Å². The van der Waals surface area contributed by atoms with E-state index in [0.717, 1.165) is 6.54 Å². The second-order valence-corrected chi connectivity index (χ2v) is 4.44. The summed E-state index contributed by atoms with van der Waals surface area (Å²) in [4.78, 5) is 0. The third-order valence-corrected chi connectivity index (χ3v) is 2.78. The zero-order chi connectivity index (χ0) is 11.3. The highest BCUT2D eigenvalue weighted by Crippen LogP contribution is 2.27. The van der Waals surface area contributed by atoms with Crippen LogP contribution in [-0.4, -0.2) is 52.3 Å². The summed E-state index contributed by atoms with van der Waals surface area (Å²) < 4.78 is 0. The number of hydrogen-bond acceptors (Lipinski definition) is 4. The summed E-state index contributed by atoms with van der Waals surface area (Å²) >= 11 is 4.99. The van der Waals surface area contributed by atoms with Crippen LogP contribution in [0, 0.1) is 5.92 Å². The molecule has 0 bridgehead atoms. The van der Waals surface area contributed by atoms with Crippen molar-refractivity contribution in [1.82, 2.24) is 10.6 Å². The van der Waals surface area contributed by atoms with Crippen LogP contribution >= 0.6 is 12.2 Å². The molecule has 0 heterocycles. The molecule has 0 unspecified atom stereocenters. The van der Waals surface area contributed by atoms with Crippen LogP contribution in [0.25, 0.3) is 0 Å². The molecule has 0 radical (unpaired) electrons. The van der Waals surface area contributed by atoms with Crippen LogP contribution in [0.15, 0.2) is 0 Å². The first-order valence-electron chi connectivity index (χ1n) is 5.04. The molecular weight excluding hydrogens is 216 g/mol. The topological polar surface area (TPSA) is 84.8 Å². The van der Waals surface area contributed by atoms with E-state index < -0.39 is 5.54 Å². The highest BCUT2D eigenvalue weighted by atomic mass is 32.1. The minimum absolute atomic E-state index is 0.360. The molecule has 5 N–H and O–H groups in total. The number of thiocarbonyl (C=S) groups is 1. The highest BCUT2D eigenvalue weighted by Gasteiger charge is 2.29. The number of aliphatic hydroxyl groups is 3. The SMILES string of the molecule is OCC(CO)(CO)NC(=S)NCC1CC1. The Labute approximate surface area is 94.5 Å². The summed E-state index contributed by atoms with van der Waals surface area (Å²) in [7, 11) is 0.